The summed E-state index contributed by atoms with van der Waals surface area (Å²) in [6, 6.07) is 0.0359. The molecule has 0 saturated heterocycles. The Hall–Kier alpha value is -0.0400. The van der Waals surface area contributed by atoms with E-state index in [-0.39, 0.29) is 6.04 Å². The van der Waals surface area contributed by atoms with E-state index in [1.807, 2.05) is 0 Å². The lowest BCUT2D eigenvalue weighted by Gasteiger charge is -2.13. The molecule has 0 heterocycles. The second-order valence-corrected chi connectivity index (χ2v) is 2.29. The zero-order valence-electron chi connectivity index (χ0n) is 4.56. The van der Waals surface area contributed by atoms with E-state index >= 15 is 0 Å². The van der Waals surface area contributed by atoms with Crippen LogP contribution in [0.25, 0.3) is 0 Å². The lowest BCUT2D eigenvalue weighted by molar-refractivity contribution is 0.432. The molecule has 40 valence electrons. The molecule has 0 aromatic rings. The van der Waals surface area contributed by atoms with Gasteiger partial charge in [0.2, 0.25) is 0 Å². The fourth-order valence-electron chi connectivity index (χ4n) is 1.08. The minimum Gasteiger partial charge on any atom is -0.141 e. The molecule has 1 rings (SSSR count). The Balaban J connectivity index is 2.12. The zero-order valence-corrected chi connectivity index (χ0v) is 4.56. The van der Waals surface area contributed by atoms with Crippen LogP contribution in [0.5, 0.6) is 0 Å². The van der Waals surface area contributed by atoms with E-state index in [0.717, 1.165) is 12.8 Å². The molecule has 1 nitrogen and oxygen atoms in total. The van der Waals surface area contributed by atoms with Gasteiger partial charge in [-0.15, -0.1) is 5.73 Å². The Morgan fingerprint density at radius 2 is 1.57 bits per heavy atom. The quantitative estimate of drug-likeness (QED) is 0.436. The highest BCUT2D eigenvalue weighted by atomic mass is 14.6. The fourth-order valence-corrected chi connectivity index (χ4v) is 1.08. The molecule has 1 heteroatoms. The van der Waals surface area contributed by atoms with Crippen LogP contribution in [0.3, 0.4) is 0 Å². The highest BCUT2D eigenvalue weighted by molar-refractivity contribution is 4.65. The van der Waals surface area contributed by atoms with E-state index < -0.39 is 0 Å². The highest BCUT2D eigenvalue weighted by Gasteiger charge is 2.08. The molecule has 2 radical (unpaired) electrons. The maximum Gasteiger partial charge on any atom is 0.0433 e. The summed E-state index contributed by atoms with van der Waals surface area (Å²) in [5, 5.41) is 0. The Morgan fingerprint density at radius 1 is 1.00 bits per heavy atom. The van der Waals surface area contributed by atoms with Crippen molar-refractivity contribution >= 4 is 0 Å². The van der Waals surface area contributed by atoms with Crippen molar-refractivity contribution in [3.63, 3.8) is 0 Å². The molecule has 0 amide bonds. The van der Waals surface area contributed by atoms with Crippen molar-refractivity contribution in [1.29, 1.82) is 0 Å². The third kappa shape index (κ3) is 1.48. The molecule has 1 aliphatic carbocycles. The maximum atomic E-state index is 8.91. The maximum absolute atomic E-state index is 8.91. The van der Waals surface area contributed by atoms with Gasteiger partial charge in [-0.05, 0) is 12.8 Å². The highest BCUT2D eigenvalue weighted by Crippen LogP contribution is 2.15. The summed E-state index contributed by atoms with van der Waals surface area (Å²) in [4.78, 5) is 0. The van der Waals surface area contributed by atoms with E-state index in [9.17, 15) is 0 Å². The summed E-state index contributed by atoms with van der Waals surface area (Å²) in [7, 11) is 0. The molecule has 0 aliphatic heterocycles. The molecule has 1 fully saturated rings. The van der Waals surface area contributed by atoms with Crippen LogP contribution in [0, 0.1) is 0 Å². The second kappa shape index (κ2) is 2.31. The number of rotatable bonds is 0. The minimum atomic E-state index is 0.0359. The Bertz CT molecular complexity index is 46.1. The van der Waals surface area contributed by atoms with Crippen LogP contribution in [-0.4, -0.2) is 6.04 Å². The van der Waals surface area contributed by atoms with Crippen LogP contribution < -0.4 is 5.73 Å². The van der Waals surface area contributed by atoms with E-state index in [2.05, 4.69) is 0 Å². The molecule has 0 N–H and O–H groups in total. The Kier molecular flexibility index (Phi) is 1.69. The largest absolute Gasteiger partial charge is 0.141 e. The average Bonchev–Trinajstić information content (AvgIpc) is 1.69. The zero-order chi connectivity index (χ0) is 5.11. The summed E-state index contributed by atoms with van der Waals surface area (Å²) in [6.45, 7) is 0. The van der Waals surface area contributed by atoms with E-state index in [1.165, 1.54) is 19.3 Å². The van der Waals surface area contributed by atoms with Crippen molar-refractivity contribution in [2.24, 2.45) is 0 Å². The van der Waals surface area contributed by atoms with Gasteiger partial charge in [-0.3, -0.25) is 0 Å². The van der Waals surface area contributed by atoms with Gasteiger partial charge in [-0.1, -0.05) is 19.3 Å². The van der Waals surface area contributed by atoms with Crippen molar-refractivity contribution in [1.82, 2.24) is 5.73 Å². The van der Waals surface area contributed by atoms with E-state index in [0.29, 0.717) is 0 Å². The van der Waals surface area contributed by atoms with Crippen molar-refractivity contribution < 1.29 is 0 Å². The number of hydrogen-bond acceptors (Lipinski definition) is 0. The van der Waals surface area contributed by atoms with Crippen molar-refractivity contribution in [2.45, 2.75) is 38.1 Å². The Labute approximate surface area is 44.9 Å². The molecule has 0 spiro atoms. The SMILES string of the molecule is [N]C1CCCCC1. The van der Waals surface area contributed by atoms with Crippen LogP contribution in [0.4, 0.5) is 0 Å². The molecule has 0 aromatic heterocycles. The van der Waals surface area contributed by atoms with Gasteiger partial charge in [0.15, 0.2) is 0 Å². The predicted octanol–water partition coefficient (Wildman–Crippen LogP) is 1.39. The van der Waals surface area contributed by atoms with Crippen LogP contribution in [-0.2, 0) is 0 Å². The minimum absolute atomic E-state index is 0.0359. The Morgan fingerprint density at radius 3 is 1.86 bits per heavy atom. The molecule has 1 saturated carbocycles. The summed E-state index contributed by atoms with van der Waals surface area (Å²) in [5.41, 5.74) is 8.91. The lowest BCUT2D eigenvalue weighted by Crippen LogP contribution is -2.12. The van der Waals surface area contributed by atoms with Crippen molar-refractivity contribution in [3.8, 4) is 0 Å². The topological polar surface area (TPSA) is 22.3 Å². The first-order valence-corrected chi connectivity index (χ1v) is 3.07. The van der Waals surface area contributed by atoms with Crippen molar-refractivity contribution in [3.05, 3.63) is 0 Å². The third-order valence-electron chi connectivity index (χ3n) is 1.57. The summed E-state index contributed by atoms with van der Waals surface area (Å²) < 4.78 is 0. The van der Waals surface area contributed by atoms with E-state index in [4.69, 9.17) is 5.73 Å². The summed E-state index contributed by atoms with van der Waals surface area (Å²) in [6.07, 6.45) is 5.89. The molecule has 0 atom stereocenters. The average molecular weight is 97.2 g/mol. The normalized spacial score (nSPS) is 25.3. The van der Waals surface area contributed by atoms with Crippen LogP contribution in [0.1, 0.15) is 32.1 Å². The molecule has 1 aliphatic rings. The van der Waals surface area contributed by atoms with Gasteiger partial charge < -0.3 is 0 Å². The molecular formula is C6H11N. The van der Waals surface area contributed by atoms with E-state index in [1.54, 1.807) is 0 Å². The van der Waals surface area contributed by atoms with Gasteiger partial charge in [-0.25, -0.2) is 0 Å². The number of nitrogens with zero attached hydrogens (tertiary/aromatic N) is 1. The fraction of sp³-hybridized carbons (Fsp3) is 1.00. The molecule has 7 heavy (non-hydrogen) atoms. The second-order valence-electron chi connectivity index (χ2n) is 2.29. The van der Waals surface area contributed by atoms with Gasteiger partial charge in [0.05, 0.1) is 0 Å². The lowest BCUT2D eigenvalue weighted by atomic mass is 9.97. The first-order valence-electron chi connectivity index (χ1n) is 3.07. The standard InChI is InChI=1S/C6H11N/c7-6-4-2-1-3-5-6/h6H,1-5H2. The van der Waals surface area contributed by atoms with Gasteiger partial charge in [0, 0.05) is 6.04 Å². The third-order valence-corrected chi connectivity index (χ3v) is 1.57. The van der Waals surface area contributed by atoms with Crippen LogP contribution in [0.15, 0.2) is 0 Å². The molecule has 0 aromatic carbocycles. The smallest absolute Gasteiger partial charge is 0.0433 e. The van der Waals surface area contributed by atoms with Crippen LogP contribution in [0.2, 0.25) is 0 Å². The summed E-state index contributed by atoms with van der Waals surface area (Å²) >= 11 is 0. The number of hydrogen-bond donors (Lipinski definition) is 0. The van der Waals surface area contributed by atoms with Gasteiger partial charge in [-0.2, -0.15) is 0 Å². The van der Waals surface area contributed by atoms with Gasteiger partial charge in [0.1, 0.15) is 0 Å². The molecule has 0 bridgehead atoms. The first-order chi connectivity index (χ1) is 3.39. The molecule has 0 unspecified atom stereocenters. The first kappa shape index (κ1) is 5.10. The van der Waals surface area contributed by atoms with Crippen LogP contribution >= 0.6 is 0 Å². The predicted molar refractivity (Wildman–Crippen MR) is 29.0 cm³/mol. The van der Waals surface area contributed by atoms with Gasteiger partial charge in [0.25, 0.3) is 0 Å². The van der Waals surface area contributed by atoms with Gasteiger partial charge >= 0.3 is 0 Å². The summed E-state index contributed by atoms with van der Waals surface area (Å²) in [5.74, 6) is 0. The molecular weight excluding hydrogens is 86.1 g/mol. The monoisotopic (exact) mass is 97.1 g/mol. The van der Waals surface area contributed by atoms with Crippen molar-refractivity contribution in [2.75, 3.05) is 0 Å².